The van der Waals surface area contributed by atoms with Crippen molar-refractivity contribution in [2.45, 2.75) is 120 Å². The number of carboxylic acid groups (broad SMARTS) is 2. The average Bonchev–Trinajstić information content (AvgIpc) is 0.816. The summed E-state index contributed by atoms with van der Waals surface area (Å²) in [6, 6.07) is 44.1. The third-order valence-electron chi connectivity index (χ3n) is 15.6. The third kappa shape index (κ3) is 17.2. The van der Waals surface area contributed by atoms with Crippen molar-refractivity contribution in [3.63, 3.8) is 0 Å². The van der Waals surface area contributed by atoms with Crippen LogP contribution in [0.5, 0.6) is 0 Å². The Labute approximate surface area is 528 Å². The predicted molar refractivity (Wildman–Crippen MR) is 316 cm³/mol. The maximum atomic E-state index is 13.5. The molecule has 8 N–H and O–H groups in total. The number of alkyl halides is 9. The lowest BCUT2D eigenvalue weighted by Gasteiger charge is -2.36. The van der Waals surface area contributed by atoms with E-state index in [1.165, 1.54) is 65.7 Å². The number of nitrogens with one attached hydrogen (secondary N) is 3. The number of hydrogen-bond donors (Lipinski definition) is 5. The van der Waals surface area contributed by atoms with Crippen molar-refractivity contribution in [3.05, 3.63) is 246 Å². The van der Waals surface area contributed by atoms with Gasteiger partial charge in [-0.3, -0.25) is 14.4 Å². The Morgan fingerprint density at radius 3 is 1.18 bits per heavy atom. The number of carbonyl (C=O) groups is 5. The highest BCUT2D eigenvalue weighted by Gasteiger charge is 2.48. The molecule has 24 heteroatoms. The average molecular weight is 1280 g/mol. The van der Waals surface area contributed by atoms with Crippen LogP contribution in [0.3, 0.4) is 0 Å². The van der Waals surface area contributed by atoms with Crippen LogP contribution < -0.4 is 37.6 Å². The minimum atomic E-state index is -4.96. The number of Topliss-reactive ketones (excluding diaryl/α,β-unsaturated/α-hetero) is 3. The number of carbonyl (C=O) groups excluding carboxylic acids is 5. The van der Waals surface area contributed by atoms with Crippen LogP contribution in [0.4, 0.5) is 39.5 Å². The first-order valence-corrected chi connectivity index (χ1v) is 29.1. The van der Waals surface area contributed by atoms with Crippen molar-refractivity contribution in [1.82, 2.24) is 16.0 Å². The molecule has 11 rings (SSSR count). The molecule has 1 unspecified atom stereocenters. The summed E-state index contributed by atoms with van der Waals surface area (Å²) in [6.45, 7) is 4.07. The van der Waals surface area contributed by atoms with E-state index in [9.17, 15) is 73.7 Å². The van der Waals surface area contributed by atoms with E-state index < -0.39 is 88.0 Å². The second kappa shape index (κ2) is 30.2. The van der Waals surface area contributed by atoms with Crippen molar-refractivity contribution in [1.29, 1.82) is 15.8 Å². The number of nitrogens with zero attached hydrogens (tertiary/aromatic N) is 3. The van der Waals surface area contributed by atoms with Crippen molar-refractivity contribution >= 4 is 29.3 Å². The lowest BCUT2D eigenvalue weighted by molar-refractivity contribution is -0.420. The zero-order valence-electron chi connectivity index (χ0n) is 49.9. The van der Waals surface area contributed by atoms with Gasteiger partial charge in [0, 0.05) is 93.6 Å². The Kier molecular flexibility index (Phi) is 22.8. The lowest BCUT2D eigenvalue weighted by Crippen LogP contribution is -2.51. The summed E-state index contributed by atoms with van der Waals surface area (Å²) < 4.78 is 120. The van der Waals surface area contributed by atoms with Crippen LogP contribution >= 0.6 is 0 Å². The lowest BCUT2D eigenvalue weighted by atomic mass is 9.75. The molecule has 15 nitrogen and oxygen atoms in total. The second-order valence-corrected chi connectivity index (χ2v) is 22.2. The molecule has 6 aliphatic rings. The predicted octanol–water partition coefficient (Wildman–Crippen LogP) is 10.0. The maximum Gasteiger partial charge on any atom is 0.431 e. The first-order chi connectivity index (χ1) is 44.0. The van der Waals surface area contributed by atoms with Crippen LogP contribution in [0.2, 0.25) is 0 Å². The Balaban J connectivity index is 0.000000174. The molecule has 0 spiro atoms. The molecule has 0 saturated heterocycles. The van der Waals surface area contributed by atoms with Gasteiger partial charge in [-0.1, -0.05) is 97.1 Å². The molecule has 0 saturated carbocycles. The Morgan fingerprint density at radius 1 is 0.505 bits per heavy atom. The van der Waals surface area contributed by atoms with Crippen LogP contribution in [-0.4, -0.2) is 47.8 Å². The number of hydrogen-bond acceptors (Lipinski definition) is 14. The number of rotatable bonds is 7. The van der Waals surface area contributed by atoms with Gasteiger partial charge in [0.25, 0.3) is 0 Å². The number of ketones is 3. The number of halogens is 9. The number of carboxylic acids is 2. The molecule has 93 heavy (non-hydrogen) atoms. The summed E-state index contributed by atoms with van der Waals surface area (Å²) in [4.78, 5) is 60.3. The van der Waals surface area contributed by atoms with Gasteiger partial charge in [-0.05, 0) is 117 Å². The molecule has 0 radical (unpaired) electrons. The number of nitrogens with two attached hydrogens (primary N) is 1. The number of nitriles is 3. The number of dihydropyridines is 3. The largest absolute Gasteiger partial charge is 0.545 e. The number of benzene rings is 5. The van der Waals surface area contributed by atoms with E-state index in [1.807, 2.05) is 73.7 Å². The smallest absolute Gasteiger partial charge is 0.431 e. The van der Waals surface area contributed by atoms with Crippen molar-refractivity contribution < 1.29 is 79.4 Å². The first kappa shape index (κ1) is 70.1. The quantitative estimate of drug-likeness (QED) is 0.0948. The highest BCUT2D eigenvalue weighted by molar-refractivity contribution is 6.04. The molecule has 5 aromatic rings. The van der Waals surface area contributed by atoms with Crippen LogP contribution in [0.25, 0.3) is 0 Å². The van der Waals surface area contributed by atoms with Gasteiger partial charge in [-0.25, -0.2) is 0 Å². The van der Waals surface area contributed by atoms with Crippen molar-refractivity contribution in [2.24, 2.45) is 5.73 Å². The van der Waals surface area contributed by atoms with E-state index in [1.54, 1.807) is 18.2 Å². The van der Waals surface area contributed by atoms with Gasteiger partial charge in [0.05, 0.1) is 46.8 Å². The zero-order valence-corrected chi connectivity index (χ0v) is 49.9. The molecule has 5 aromatic carbocycles. The van der Waals surface area contributed by atoms with Crippen LogP contribution in [-0.2, 0) is 24.0 Å². The molecule has 0 amide bonds. The highest BCUT2D eigenvalue weighted by Crippen LogP contribution is 2.48. The fraction of sp³-hybridized carbons (Fsp3) is 0.275. The standard InChI is InChI=1S/2C18H13F3N2O3.C17H13F3N2O.2C8H11N/c2*19-18(20,21)16-15(17(25)26)13(10-4-1-3-9(7-10)8-22)14-11(23-16)5-2-6-12(14)24;18-17(19,20)15-8-12(11-4-1-3-10(7-11)9-21)16-13(22-15)5-2-6-14(16)23;2*1-7(9)8-5-3-2-4-6-8/h2*1,3-4,7,13,23H,2,5-6H2,(H,25,26);1,3-4,7-8,12,22H,2,5-6H2;2*2-7H,9H2,1H3/p-1/t13-;;12-;2*7-/m0.000/s1. The Hall–Kier alpha value is -10.4. The van der Waals surface area contributed by atoms with Crippen molar-refractivity contribution in [3.8, 4) is 18.2 Å². The van der Waals surface area contributed by atoms with Gasteiger partial charge in [0.2, 0.25) is 0 Å². The fourth-order valence-electron chi connectivity index (χ4n) is 11.4. The van der Waals surface area contributed by atoms with Gasteiger partial charge in [0.1, 0.15) is 23.1 Å². The topological polar surface area (TPSA) is 293 Å². The summed E-state index contributed by atoms with van der Waals surface area (Å²) in [5.41, 5.74) is 8.56. The summed E-state index contributed by atoms with van der Waals surface area (Å²) in [7, 11) is 0. The van der Waals surface area contributed by atoms with E-state index in [0.29, 0.717) is 60.5 Å². The van der Waals surface area contributed by atoms with E-state index in [0.717, 1.165) is 6.08 Å². The van der Waals surface area contributed by atoms with Crippen LogP contribution in [0, 0.1) is 34.0 Å². The minimum absolute atomic E-state index is 0.00135. The van der Waals surface area contributed by atoms with Gasteiger partial charge in [-0.2, -0.15) is 55.3 Å². The minimum Gasteiger partial charge on any atom is -0.545 e. The fourth-order valence-corrected chi connectivity index (χ4v) is 11.4. The SMILES string of the molecule is C[C@H](N)c1ccccc1.C[C@H]([NH3+])c1ccccc1.N#Cc1cccc(C2C3=C(CCCC3=O)NC(C(F)(F)F)=C2C(=O)[O-])c1.N#Cc1cccc([C@@H]2C=C(C(F)(F)F)NC3=C2C(=O)CCC3)c1.N#Cc1cccc([C@H]2C3=C(CCCC3=O)NC(C(F)(F)F)=C2C(=O)[O-])c1. The normalized spacial score (nSPS) is 19.2. The molecular weight excluding hydrogens is 1220 g/mol. The summed E-state index contributed by atoms with van der Waals surface area (Å²) in [6.07, 6.45) is -10.7. The molecule has 3 aliphatic heterocycles. The molecule has 482 valence electrons. The maximum absolute atomic E-state index is 13.5. The van der Waals surface area contributed by atoms with Gasteiger partial charge in [-0.15, -0.1) is 0 Å². The zero-order chi connectivity index (χ0) is 68.1. The summed E-state index contributed by atoms with van der Waals surface area (Å²) >= 11 is 0. The number of quaternary nitrogens is 1. The molecule has 0 fully saturated rings. The number of aliphatic carboxylic acids is 2. The molecule has 0 bridgehead atoms. The molecule has 3 aliphatic carbocycles. The molecule has 3 heterocycles. The van der Waals surface area contributed by atoms with Gasteiger partial charge in [0.15, 0.2) is 17.3 Å². The molecular formula is C69H60F9N8O7-. The summed E-state index contributed by atoms with van der Waals surface area (Å²) in [5.74, 6) is -8.63. The van der Waals surface area contributed by atoms with Gasteiger partial charge < -0.3 is 47.2 Å². The third-order valence-corrected chi connectivity index (χ3v) is 15.6. The molecule has 0 aromatic heterocycles. The van der Waals surface area contributed by atoms with E-state index >= 15 is 0 Å². The van der Waals surface area contributed by atoms with E-state index in [4.69, 9.17) is 21.5 Å². The Morgan fingerprint density at radius 2 is 0.860 bits per heavy atom. The monoisotopic (exact) mass is 1280 g/mol. The van der Waals surface area contributed by atoms with Crippen molar-refractivity contribution in [2.75, 3.05) is 0 Å². The summed E-state index contributed by atoms with van der Waals surface area (Å²) in [5, 5.41) is 56.9. The first-order valence-electron chi connectivity index (χ1n) is 29.1. The highest BCUT2D eigenvalue weighted by atomic mass is 19.4. The van der Waals surface area contributed by atoms with Gasteiger partial charge >= 0.3 is 18.5 Å². The number of allylic oxidation sites excluding steroid dienone is 10. The Bertz CT molecular complexity index is 3840. The van der Waals surface area contributed by atoms with E-state index in [2.05, 4.69) is 40.7 Å². The van der Waals surface area contributed by atoms with Crippen LogP contribution in [0.1, 0.15) is 146 Å². The van der Waals surface area contributed by atoms with E-state index in [-0.39, 0.29) is 82.3 Å². The molecule has 5 atom stereocenters. The second-order valence-electron chi connectivity index (χ2n) is 22.2. The van der Waals surface area contributed by atoms with Crippen LogP contribution in [0.15, 0.2) is 202 Å².